The molecule has 0 fully saturated rings. The van der Waals surface area contributed by atoms with Gasteiger partial charge in [-0.05, 0) is 73.9 Å². The van der Waals surface area contributed by atoms with Crippen LogP contribution < -0.4 is 14.4 Å². The van der Waals surface area contributed by atoms with Crippen LogP contribution in [0.15, 0.2) is 77.7 Å². The molecule has 0 aliphatic rings. The summed E-state index contributed by atoms with van der Waals surface area (Å²) in [6.07, 6.45) is 0. The summed E-state index contributed by atoms with van der Waals surface area (Å²) in [4.78, 5) is 28.5. The monoisotopic (exact) mass is 619 g/mol. The number of hydrogen-bond acceptors (Lipinski definition) is 5. The van der Waals surface area contributed by atoms with Gasteiger partial charge in [0.05, 0.1) is 17.2 Å². The number of hydrogen-bond donors (Lipinski definition) is 1. The van der Waals surface area contributed by atoms with Crippen LogP contribution in [0, 0.1) is 5.92 Å². The maximum absolute atomic E-state index is 14.0. The highest BCUT2D eigenvalue weighted by Crippen LogP contribution is 2.33. The van der Waals surface area contributed by atoms with Gasteiger partial charge in [0.2, 0.25) is 11.8 Å². The van der Waals surface area contributed by atoms with E-state index in [1.165, 1.54) is 29.2 Å². The van der Waals surface area contributed by atoms with Gasteiger partial charge in [-0.2, -0.15) is 0 Å². The Bertz CT molecular complexity index is 1450. The fraction of sp³-hybridized carbons (Fsp3) is 0.333. The molecule has 1 N–H and O–H groups in total. The second-order valence-electron chi connectivity index (χ2n) is 9.83. The van der Waals surface area contributed by atoms with E-state index in [1.807, 2.05) is 13.8 Å². The zero-order valence-electron chi connectivity index (χ0n) is 23.5. The average molecular weight is 621 g/mol. The number of nitrogens with zero attached hydrogens (tertiary/aromatic N) is 2. The second-order valence-corrected chi connectivity index (χ2v) is 12.6. The maximum Gasteiger partial charge on any atom is 0.264 e. The number of para-hydroxylation sites is 2. The van der Waals surface area contributed by atoms with Crippen molar-refractivity contribution in [3.63, 3.8) is 0 Å². The Kier molecular flexibility index (Phi) is 11.5. The molecule has 0 saturated carbocycles. The van der Waals surface area contributed by atoms with Gasteiger partial charge in [0.25, 0.3) is 10.0 Å². The average Bonchev–Trinajstić information content (AvgIpc) is 2.93. The molecule has 8 nitrogen and oxygen atoms in total. The van der Waals surface area contributed by atoms with Gasteiger partial charge in [-0.15, -0.1) is 0 Å². The Balaban J connectivity index is 2.07. The van der Waals surface area contributed by atoms with Crippen LogP contribution in [-0.4, -0.2) is 50.9 Å². The van der Waals surface area contributed by atoms with Gasteiger partial charge in [0.1, 0.15) is 18.3 Å². The van der Waals surface area contributed by atoms with Crippen LogP contribution in [0.1, 0.15) is 33.3 Å². The Hall–Kier alpha value is -3.27. The highest BCUT2D eigenvalue weighted by molar-refractivity contribution is 7.92. The lowest BCUT2D eigenvalue weighted by atomic mass is 10.1. The molecule has 0 aromatic heterocycles. The molecule has 2 amide bonds. The van der Waals surface area contributed by atoms with Crippen LogP contribution in [-0.2, 0) is 26.2 Å². The number of ether oxygens (including phenoxy) is 1. The highest BCUT2D eigenvalue weighted by Gasteiger charge is 2.33. The predicted molar refractivity (Wildman–Crippen MR) is 163 cm³/mol. The molecular weight excluding hydrogens is 585 g/mol. The van der Waals surface area contributed by atoms with Crippen LogP contribution in [0.25, 0.3) is 0 Å². The lowest BCUT2D eigenvalue weighted by Crippen LogP contribution is -2.51. The normalized spacial score (nSPS) is 12.1. The molecule has 0 spiro atoms. The maximum atomic E-state index is 14.0. The quantitative estimate of drug-likeness (QED) is 0.262. The SMILES string of the molecule is CCOc1ccccc1N(CC(=O)N(Cc1cccc(Cl)c1)[C@H](C)C(=O)NCC(C)C)S(=O)(=O)c1ccc(Cl)cc1. The molecule has 41 heavy (non-hydrogen) atoms. The van der Waals surface area contributed by atoms with E-state index in [4.69, 9.17) is 27.9 Å². The molecule has 3 rings (SSSR count). The Morgan fingerprint density at radius 1 is 0.927 bits per heavy atom. The summed E-state index contributed by atoms with van der Waals surface area (Å²) < 4.78 is 34.7. The molecule has 0 unspecified atom stereocenters. The first-order chi connectivity index (χ1) is 19.4. The largest absolute Gasteiger partial charge is 0.492 e. The fourth-order valence-corrected chi connectivity index (χ4v) is 5.82. The van der Waals surface area contributed by atoms with E-state index in [9.17, 15) is 18.0 Å². The van der Waals surface area contributed by atoms with Gasteiger partial charge in [-0.3, -0.25) is 13.9 Å². The molecule has 0 radical (unpaired) electrons. The summed E-state index contributed by atoms with van der Waals surface area (Å²) in [6, 6.07) is 18.3. The first kappa shape index (κ1) is 32.2. The standard InChI is InChI=1S/C30H35Cl2N3O5S/c1-5-40-28-12-7-6-11-27(28)35(41(38,39)26-15-13-24(31)14-16-26)20-29(36)34(19-23-9-8-10-25(32)17-23)22(4)30(37)33-18-21(2)3/h6-17,21-22H,5,18-20H2,1-4H3,(H,33,37)/t22-/m1/s1. The van der Waals surface area contributed by atoms with Gasteiger partial charge in [-0.1, -0.05) is 61.3 Å². The lowest BCUT2D eigenvalue weighted by molar-refractivity contribution is -0.139. The molecule has 3 aromatic carbocycles. The van der Waals surface area contributed by atoms with E-state index in [1.54, 1.807) is 62.4 Å². The second kappa shape index (κ2) is 14.6. The topological polar surface area (TPSA) is 96.0 Å². The molecule has 1 atom stereocenters. The molecule has 0 heterocycles. The summed E-state index contributed by atoms with van der Waals surface area (Å²) in [5.41, 5.74) is 0.883. The van der Waals surface area contributed by atoms with E-state index < -0.39 is 28.5 Å². The number of sulfonamides is 1. The third-order valence-corrected chi connectivity index (χ3v) is 8.47. The third-order valence-electron chi connectivity index (χ3n) is 6.21. The Morgan fingerprint density at radius 2 is 1.61 bits per heavy atom. The van der Waals surface area contributed by atoms with Crippen LogP contribution in [0.2, 0.25) is 10.0 Å². The number of benzene rings is 3. The number of anilines is 1. The first-order valence-corrected chi connectivity index (χ1v) is 15.4. The van der Waals surface area contributed by atoms with Crippen LogP contribution in [0.4, 0.5) is 5.69 Å². The molecule has 0 aliphatic heterocycles. The Labute approximate surface area is 252 Å². The molecule has 11 heteroatoms. The van der Waals surface area contributed by atoms with E-state index in [2.05, 4.69) is 5.32 Å². The van der Waals surface area contributed by atoms with Crippen LogP contribution >= 0.6 is 23.2 Å². The highest BCUT2D eigenvalue weighted by atomic mass is 35.5. The van der Waals surface area contributed by atoms with Crippen LogP contribution in [0.5, 0.6) is 5.75 Å². The number of nitrogens with one attached hydrogen (secondary N) is 1. The zero-order valence-corrected chi connectivity index (χ0v) is 25.8. The summed E-state index contributed by atoms with van der Waals surface area (Å²) in [7, 11) is -4.26. The molecule has 3 aromatic rings. The first-order valence-electron chi connectivity index (χ1n) is 13.3. The van der Waals surface area contributed by atoms with Gasteiger partial charge >= 0.3 is 0 Å². The molecule has 220 valence electrons. The van der Waals surface area contributed by atoms with Gasteiger partial charge in [0.15, 0.2) is 0 Å². The van der Waals surface area contributed by atoms with Crippen molar-refractivity contribution in [3.05, 3.63) is 88.4 Å². The molecule has 0 saturated heterocycles. The summed E-state index contributed by atoms with van der Waals surface area (Å²) in [6.45, 7) is 7.50. The number of carbonyl (C=O) groups is 2. The van der Waals surface area contributed by atoms with Crippen molar-refractivity contribution in [3.8, 4) is 5.75 Å². The number of carbonyl (C=O) groups excluding carboxylic acids is 2. The molecule has 0 bridgehead atoms. The van der Waals surface area contributed by atoms with Crippen molar-refractivity contribution in [2.75, 3.05) is 24.0 Å². The predicted octanol–water partition coefficient (Wildman–Crippen LogP) is 5.78. The van der Waals surface area contributed by atoms with Crippen molar-refractivity contribution in [1.82, 2.24) is 10.2 Å². The lowest BCUT2D eigenvalue weighted by Gasteiger charge is -2.32. The minimum absolute atomic E-state index is 0.0393. The summed E-state index contributed by atoms with van der Waals surface area (Å²) in [5, 5.41) is 3.71. The summed E-state index contributed by atoms with van der Waals surface area (Å²) in [5.74, 6) is -0.431. The minimum atomic E-state index is -4.26. The van der Waals surface area contributed by atoms with Crippen molar-refractivity contribution in [2.24, 2.45) is 5.92 Å². The van der Waals surface area contributed by atoms with Crippen molar-refractivity contribution < 1.29 is 22.7 Å². The van der Waals surface area contributed by atoms with Gasteiger partial charge < -0.3 is 15.0 Å². The summed E-state index contributed by atoms with van der Waals surface area (Å²) >= 11 is 12.2. The van der Waals surface area contributed by atoms with E-state index in [-0.39, 0.29) is 35.6 Å². The van der Waals surface area contributed by atoms with Crippen molar-refractivity contribution >= 4 is 50.7 Å². The van der Waals surface area contributed by atoms with Crippen LogP contribution in [0.3, 0.4) is 0 Å². The minimum Gasteiger partial charge on any atom is -0.492 e. The smallest absolute Gasteiger partial charge is 0.264 e. The number of halogens is 2. The number of amides is 2. The Morgan fingerprint density at radius 3 is 2.24 bits per heavy atom. The van der Waals surface area contributed by atoms with Crippen molar-refractivity contribution in [1.29, 1.82) is 0 Å². The van der Waals surface area contributed by atoms with Crippen molar-refractivity contribution in [2.45, 2.75) is 45.2 Å². The van der Waals surface area contributed by atoms with E-state index in [0.717, 1.165) is 4.31 Å². The number of rotatable bonds is 13. The van der Waals surface area contributed by atoms with E-state index >= 15 is 0 Å². The van der Waals surface area contributed by atoms with E-state index in [0.29, 0.717) is 27.9 Å². The fourth-order valence-electron chi connectivity index (χ4n) is 4.05. The van der Waals surface area contributed by atoms with Gasteiger partial charge in [-0.25, -0.2) is 8.42 Å². The molecule has 0 aliphatic carbocycles. The zero-order chi connectivity index (χ0) is 30.2. The third kappa shape index (κ3) is 8.61. The van der Waals surface area contributed by atoms with Gasteiger partial charge in [0, 0.05) is 23.1 Å². The molecular formula is C30H35Cl2N3O5S.